The van der Waals surface area contributed by atoms with Crippen LogP contribution in [0.25, 0.3) is 0 Å². The molecule has 2 aromatic carbocycles. The number of amides is 1. The molecule has 0 aliphatic heterocycles. The Morgan fingerprint density at radius 1 is 1.14 bits per heavy atom. The van der Waals surface area contributed by atoms with Gasteiger partial charge in [-0.1, -0.05) is 12.1 Å². The number of rotatable bonds is 2. The number of carbonyl (C=O) groups is 1. The molecule has 0 unspecified atom stereocenters. The Kier molecular flexibility index (Phi) is 4.22. The van der Waals surface area contributed by atoms with Crippen molar-refractivity contribution in [3.8, 4) is 0 Å². The predicted octanol–water partition coefficient (Wildman–Crippen LogP) is 4.30. The largest absolute Gasteiger partial charge is 0.417 e. The van der Waals surface area contributed by atoms with Crippen molar-refractivity contribution in [2.45, 2.75) is 6.18 Å². The number of benzene rings is 2. The predicted molar refractivity (Wildman–Crippen MR) is 78.0 cm³/mol. The summed E-state index contributed by atoms with van der Waals surface area (Å²) in [7, 11) is 0. The molecule has 0 aliphatic rings. The quantitative estimate of drug-likeness (QED) is 0.786. The van der Waals surface area contributed by atoms with E-state index >= 15 is 0 Å². The Balaban J connectivity index is 2.33. The minimum absolute atomic E-state index is 0.339. The maximum Gasteiger partial charge on any atom is 0.417 e. The van der Waals surface area contributed by atoms with E-state index in [4.69, 9.17) is 5.73 Å². The summed E-state index contributed by atoms with van der Waals surface area (Å²) in [6.45, 7) is 0. The molecule has 7 heteroatoms. The first kappa shape index (κ1) is 15.4. The zero-order valence-corrected chi connectivity index (χ0v) is 12.1. The lowest BCUT2D eigenvalue weighted by atomic mass is 10.1. The molecule has 2 rings (SSSR count). The highest BCUT2D eigenvalue weighted by molar-refractivity contribution is 9.10. The van der Waals surface area contributed by atoms with E-state index in [1.54, 1.807) is 6.07 Å². The number of alkyl halides is 3. The molecule has 0 bridgehead atoms. The van der Waals surface area contributed by atoms with Crippen LogP contribution < -0.4 is 11.1 Å². The van der Waals surface area contributed by atoms with Gasteiger partial charge in [0, 0.05) is 10.2 Å². The third-order valence-electron chi connectivity index (χ3n) is 2.72. The van der Waals surface area contributed by atoms with Crippen LogP contribution in [0.5, 0.6) is 0 Å². The zero-order chi connectivity index (χ0) is 15.6. The summed E-state index contributed by atoms with van der Waals surface area (Å²) in [6.07, 6.45) is -4.59. The van der Waals surface area contributed by atoms with Crippen LogP contribution >= 0.6 is 15.9 Å². The average molecular weight is 359 g/mol. The molecule has 21 heavy (non-hydrogen) atoms. The second-order valence-corrected chi connectivity index (χ2v) is 5.09. The smallest absolute Gasteiger partial charge is 0.399 e. The van der Waals surface area contributed by atoms with E-state index in [2.05, 4.69) is 21.2 Å². The van der Waals surface area contributed by atoms with Gasteiger partial charge in [-0.05, 0) is 46.3 Å². The molecule has 0 heterocycles. The molecule has 110 valence electrons. The van der Waals surface area contributed by atoms with Gasteiger partial charge in [0.05, 0.1) is 16.8 Å². The van der Waals surface area contributed by atoms with E-state index in [1.165, 1.54) is 24.3 Å². The lowest BCUT2D eigenvalue weighted by Crippen LogP contribution is -2.18. The average Bonchev–Trinajstić information content (AvgIpc) is 2.41. The summed E-state index contributed by atoms with van der Waals surface area (Å²) in [5, 5.41) is 2.42. The standard InChI is InChI=1S/C14H10BrF3N2O/c15-11-7-8(19)5-6-12(11)20-13(21)9-3-1-2-4-10(9)14(16,17)18/h1-7H,19H2,(H,20,21). The lowest BCUT2D eigenvalue weighted by Gasteiger charge is -2.13. The van der Waals surface area contributed by atoms with Crippen LogP contribution in [0.15, 0.2) is 46.9 Å². The summed E-state index contributed by atoms with van der Waals surface area (Å²) in [4.78, 5) is 12.1. The van der Waals surface area contributed by atoms with Crippen LogP contribution in [0.4, 0.5) is 24.5 Å². The highest BCUT2D eigenvalue weighted by Gasteiger charge is 2.34. The van der Waals surface area contributed by atoms with Crippen LogP contribution in [0.1, 0.15) is 15.9 Å². The van der Waals surface area contributed by atoms with E-state index in [9.17, 15) is 18.0 Å². The van der Waals surface area contributed by atoms with Crippen molar-refractivity contribution >= 4 is 33.2 Å². The number of anilines is 2. The van der Waals surface area contributed by atoms with Gasteiger partial charge >= 0.3 is 6.18 Å². The minimum Gasteiger partial charge on any atom is -0.399 e. The molecule has 0 aromatic heterocycles. The molecule has 0 atom stereocenters. The minimum atomic E-state index is -4.59. The molecule has 0 fully saturated rings. The Morgan fingerprint density at radius 3 is 2.43 bits per heavy atom. The monoisotopic (exact) mass is 358 g/mol. The fraction of sp³-hybridized carbons (Fsp3) is 0.0714. The third-order valence-corrected chi connectivity index (χ3v) is 3.37. The van der Waals surface area contributed by atoms with Crippen molar-refractivity contribution in [2.75, 3.05) is 11.1 Å². The van der Waals surface area contributed by atoms with Gasteiger partial charge in [0.15, 0.2) is 0 Å². The van der Waals surface area contributed by atoms with Crippen LogP contribution in [-0.4, -0.2) is 5.91 Å². The van der Waals surface area contributed by atoms with Crippen molar-refractivity contribution in [2.24, 2.45) is 0 Å². The lowest BCUT2D eigenvalue weighted by molar-refractivity contribution is -0.137. The summed E-state index contributed by atoms with van der Waals surface area (Å²) in [5.74, 6) is -0.839. The molecule has 2 aromatic rings. The van der Waals surface area contributed by atoms with Gasteiger partial charge < -0.3 is 11.1 Å². The highest BCUT2D eigenvalue weighted by atomic mass is 79.9. The van der Waals surface area contributed by atoms with Crippen LogP contribution in [0, 0.1) is 0 Å². The Hall–Kier alpha value is -2.02. The second kappa shape index (κ2) is 5.77. The van der Waals surface area contributed by atoms with Crippen molar-refractivity contribution in [1.82, 2.24) is 0 Å². The fourth-order valence-electron chi connectivity index (χ4n) is 1.75. The molecule has 0 radical (unpaired) electrons. The molecule has 0 saturated heterocycles. The van der Waals surface area contributed by atoms with Crippen LogP contribution in [0.2, 0.25) is 0 Å². The van der Waals surface area contributed by atoms with Gasteiger partial charge in [-0.25, -0.2) is 0 Å². The van der Waals surface area contributed by atoms with E-state index in [0.29, 0.717) is 15.8 Å². The molecular formula is C14H10BrF3N2O. The fourth-order valence-corrected chi connectivity index (χ4v) is 2.25. The summed E-state index contributed by atoms with van der Waals surface area (Å²) in [6, 6.07) is 9.20. The van der Waals surface area contributed by atoms with Crippen molar-refractivity contribution < 1.29 is 18.0 Å². The Labute approximate surface area is 127 Å². The van der Waals surface area contributed by atoms with Crippen molar-refractivity contribution in [3.63, 3.8) is 0 Å². The third kappa shape index (κ3) is 3.55. The highest BCUT2D eigenvalue weighted by Crippen LogP contribution is 2.32. The van der Waals surface area contributed by atoms with Gasteiger partial charge in [-0.2, -0.15) is 13.2 Å². The summed E-state index contributed by atoms with van der Waals surface area (Å²) < 4.78 is 39.1. The number of nitrogens with one attached hydrogen (secondary N) is 1. The van der Waals surface area contributed by atoms with E-state index < -0.39 is 23.2 Å². The van der Waals surface area contributed by atoms with Crippen molar-refractivity contribution in [1.29, 1.82) is 0 Å². The van der Waals surface area contributed by atoms with Crippen LogP contribution in [-0.2, 0) is 6.18 Å². The van der Waals surface area contributed by atoms with Gasteiger partial charge in [-0.15, -0.1) is 0 Å². The molecular weight excluding hydrogens is 349 g/mol. The van der Waals surface area contributed by atoms with Gasteiger partial charge in [0.2, 0.25) is 0 Å². The van der Waals surface area contributed by atoms with E-state index in [0.717, 1.165) is 12.1 Å². The first-order chi connectivity index (χ1) is 9.79. The number of hydrogen-bond donors (Lipinski definition) is 2. The second-order valence-electron chi connectivity index (χ2n) is 4.24. The summed E-state index contributed by atoms with van der Waals surface area (Å²) in [5.41, 5.74) is 4.95. The maximum absolute atomic E-state index is 12.9. The van der Waals surface area contributed by atoms with E-state index in [-0.39, 0.29) is 0 Å². The summed E-state index contributed by atoms with van der Waals surface area (Å²) >= 11 is 3.19. The molecule has 0 saturated carbocycles. The molecule has 3 N–H and O–H groups in total. The number of carbonyl (C=O) groups excluding carboxylic acids is 1. The maximum atomic E-state index is 12.9. The van der Waals surface area contributed by atoms with Gasteiger partial charge in [0.1, 0.15) is 0 Å². The number of halogens is 4. The number of nitrogen functional groups attached to an aromatic ring is 1. The first-order valence-corrected chi connectivity index (χ1v) is 6.61. The Morgan fingerprint density at radius 2 is 1.81 bits per heavy atom. The molecule has 1 amide bonds. The topological polar surface area (TPSA) is 55.1 Å². The molecule has 0 spiro atoms. The number of nitrogens with two attached hydrogens (primary N) is 1. The first-order valence-electron chi connectivity index (χ1n) is 5.81. The zero-order valence-electron chi connectivity index (χ0n) is 10.5. The van der Waals surface area contributed by atoms with E-state index in [1.807, 2.05) is 0 Å². The molecule has 0 aliphatic carbocycles. The normalized spacial score (nSPS) is 11.2. The van der Waals surface area contributed by atoms with Crippen molar-refractivity contribution in [3.05, 3.63) is 58.1 Å². The van der Waals surface area contributed by atoms with Gasteiger partial charge in [-0.3, -0.25) is 4.79 Å². The molecule has 3 nitrogen and oxygen atoms in total. The van der Waals surface area contributed by atoms with Crippen LogP contribution in [0.3, 0.4) is 0 Å². The SMILES string of the molecule is Nc1ccc(NC(=O)c2ccccc2C(F)(F)F)c(Br)c1. The number of hydrogen-bond acceptors (Lipinski definition) is 2. The van der Waals surface area contributed by atoms with Gasteiger partial charge in [0.25, 0.3) is 5.91 Å². The Bertz CT molecular complexity index is 686.